The predicted molar refractivity (Wildman–Crippen MR) is 44.9 cm³/mol. The van der Waals surface area contributed by atoms with Crippen LogP contribution < -0.4 is 5.48 Å². The number of pyridine rings is 1. The highest BCUT2D eigenvalue weighted by Crippen LogP contribution is 2.14. The number of rotatable bonds is 2. The van der Waals surface area contributed by atoms with E-state index in [1.807, 2.05) is 0 Å². The van der Waals surface area contributed by atoms with Crippen LogP contribution in [0.2, 0.25) is 0 Å². The molecule has 0 aliphatic rings. The van der Waals surface area contributed by atoms with Crippen molar-refractivity contribution in [2.75, 3.05) is 0 Å². The molecule has 0 aromatic carbocycles. The Bertz CT molecular complexity index is 391. The van der Waals surface area contributed by atoms with Crippen LogP contribution in [0.5, 0.6) is 0 Å². The van der Waals surface area contributed by atoms with Crippen LogP contribution >= 0.6 is 0 Å². The summed E-state index contributed by atoms with van der Waals surface area (Å²) >= 11 is 0. The Kier molecular flexibility index (Phi) is 2.73. The minimum Gasteiger partial charge on any atom is -0.288 e. The molecule has 0 fully saturated rings. The molecule has 0 aliphatic carbocycles. The molecule has 7 nitrogen and oxygen atoms in total. The monoisotopic (exact) mass is 197 g/mol. The van der Waals surface area contributed by atoms with E-state index in [4.69, 9.17) is 5.21 Å². The van der Waals surface area contributed by atoms with Gasteiger partial charge in [0.15, 0.2) is 0 Å². The van der Waals surface area contributed by atoms with Crippen molar-refractivity contribution in [1.82, 2.24) is 10.5 Å². The minimum absolute atomic E-state index is 0.0262. The fourth-order valence-electron chi connectivity index (χ4n) is 0.912. The van der Waals surface area contributed by atoms with Crippen LogP contribution in [0.4, 0.5) is 5.69 Å². The third-order valence-corrected chi connectivity index (χ3v) is 1.63. The lowest BCUT2D eigenvalue weighted by Crippen LogP contribution is -2.20. The fraction of sp³-hybridized carbons (Fsp3) is 0.143. The number of hydrogen-bond donors (Lipinski definition) is 2. The highest BCUT2D eigenvalue weighted by molar-refractivity contribution is 5.94. The van der Waals surface area contributed by atoms with Crippen LogP contribution in [0.25, 0.3) is 0 Å². The minimum atomic E-state index is -0.821. The molecule has 0 saturated carbocycles. The number of aryl methyl sites for hydroxylation is 1. The number of nitro groups is 1. The Morgan fingerprint density at radius 1 is 1.71 bits per heavy atom. The van der Waals surface area contributed by atoms with Crippen LogP contribution in [0.1, 0.15) is 16.1 Å². The first-order chi connectivity index (χ1) is 6.56. The molecule has 1 amide bonds. The average Bonchev–Trinajstić information content (AvgIpc) is 2.17. The molecule has 7 heteroatoms. The maximum absolute atomic E-state index is 11.0. The number of hydrogen-bond acceptors (Lipinski definition) is 5. The van der Waals surface area contributed by atoms with Gasteiger partial charge in [-0.2, -0.15) is 0 Å². The Morgan fingerprint density at radius 2 is 2.36 bits per heavy atom. The van der Waals surface area contributed by atoms with E-state index < -0.39 is 10.8 Å². The Balaban J connectivity index is 3.21. The Labute approximate surface area is 78.5 Å². The lowest BCUT2D eigenvalue weighted by molar-refractivity contribution is -0.385. The predicted octanol–water partition coefficient (Wildman–Crippen LogP) is 0.417. The summed E-state index contributed by atoms with van der Waals surface area (Å²) in [5.74, 6) is -0.821. The quantitative estimate of drug-likeness (QED) is 0.406. The third kappa shape index (κ3) is 1.83. The summed E-state index contributed by atoms with van der Waals surface area (Å²) in [5, 5.41) is 18.7. The molecule has 0 aliphatic heterocycles. The first kappa shape index (κ1) is 10.1. The zero-order valence-corrected chi connectivity index (χ0v) is 7.22. The summed E-state index contributed by atoms with van der Waals surface area (Å²) < 4.78 is 0. The van der Waals surface area contributed by atoms with Gasteiger partial charge in [-0.15, -0.1) is 0 Å². The van der Waals surface area contributed by atoms with Crippen LogP contribution in [0.3, 0.4) is 0 Å². The molecule has 74 valence electrons. The summed E-state index contributed by atoms with van der Waals surface area (Å²) in [6.45, 7) is 1.51. The van der Waals surface area contributed by atoms with Crippen molar-refractivity contribution >= 4 is 11.6 Å². The van der Waals surface area contributed by atoms with Crippen LogP contribution in [0, 0.1) is 17.0 Å². The summed E-state index contributed by atoms with van der Waals surface area (Å²) in [6.07, 6.45) is 1.05. The van der Waals surface area contributed by atoms with E-state index >= 15 is 0 Å². The molecule has 0 radical (unpaired) electrons. The van der Waals surface area contributed by atoms with Crippen molar-refractivity contribution in [2.45, 2.75) is 6.92 Å². The SMILES string of the molecule is Cc1ncc([N+](=O)[O-])cc1C(=O)NO. The van der Waals surface area contributed by atoms with E-state index in [1.165, 1.54) is 12.4 Å². The topological polar surface area (TPSA) is 105 Å². The van der Waals surface area contributed by atoms with Crippen LogP contribution in [0.15, 0.2) is 12.3 Å². The van der Waals surface area contributed by atoms with E-state index in [0.29, 0.717) is 5.69 Å². The average molecular weight is 197 g/mol. The number of amides is 1. The molecular weight excluding hydrogens is 190 g/mol. The number of carbonyl (C=O) groups excluding carboxylic acids is 1. The second-order valence-electron chi connectivity index (χ2n) is 2.52. The molecule has 1 aromatic rings. The van der Waals surface area contributed by atoms with Gasteiger partial charge >= 0.3 is 0 Å². The van der Waals surface area contributed by atoms with Crippen molar-refractivity contribution < 1.29 is 14.9 Å². The number of nitrogens with zero attached hydrogens (tertiary/aromatic N) is 2. The first-order valence-corrected chi connectivity index (χ1v) is 3.61. The van der Waals surface area contributed by atoms with Gasteiger partial charge in [0.1, 0.15) is 6.20 Å². The molecule has 14 heavy (non-hydrogen) atoms. The van der Waals surface area contributed by atoms with Crippen LogP contribution in [-0.2, 0) is 0 Å². The molecule has 1 aromatic heterocycles. The molecule has 0 spiro atoms. The van der Waals surface area contributed by atoms with Gasteiger partial charge in [-0.3, -0.25) is 25.1 Å². The number of aromatic nitrogens is 1. The van der Waals surface area contributed by atoms with Crippen molar-refractivity contribution in [3.8, 4) is 0 Å². The van der Waals surface area contributed by atoms with Gasteiger partial charge in [0, 0.05) is 6.07 Å². The maximum Gasteiger partial charge on any atom is 0.288 e. The molecule has 0 bridgehead atoms. The Morgan fingerprint density at radius 3 is 2.86 bits per heavy atom. The zero-order chi connectivity index (χ0) is 10.7. The molecule has 1 rings (SSSR count). The molecule has 0 atom stereocenters. The number of carbonyl (C=O) groups is 1. The summed E-state index contributed by atoms with van der Waals surface area (Å²) in [5.41, 5.74) is 1.37. The Hall–Kier alpha value is -2.02. The zero-order valence-electron chi connectivity index (χ0n) is 7.22. The maximum atomic E-state index is 11.0. The second-order valence-corrected chi connectivity index (χ2v) is 2.52. The molecule has 2 N–H and O–H groups in total. The van der Waals surface area contributed by atoms with E-state index in [9.17, 15) is 14.9 Å². The third-order valence-electron chi connectivity index (χ3n) is 1.63. The summed E-state index contributed by atoms with van der Waals surface area (Å²) in [6, 6.07) is 1.05. The van der Waals surface area contributed by atoms with Crippen molar-refractivity contribution in [1.29, 1.82) is 0 Å². The normalized spacial score (nSPS) is 9.57. The standard InChI is InChI=1S/C7H7N3O4/c1-4-6(7(11)9-12)2-5(3-8-4)10(13)14/h2-3,12H,1H3,(H,9,11). The van der Waals surface area contributed by atoms with Gasteiger partial charge in [-0.25, -0.2) is 5.48 Å². The van der Waals surface area contributed by atoms with Gasteiger partial charge in [0.25, 0.3) is 11.6 Å². The summed E-state index contributed by atoms with van der Waals surface area (Å²) in [7, 11) is 0. The molecule has 1 heterocycles. The van der Waals surface area contributed by atoms with E-state index in [2.05, 4.69) is 4.98 Å². The van der Waals surface area contributed by atoms with Crippen molar-refractivity contribution in [2.24, 2.45) is 0 Å². The van der Waals surface area contributed by atoms with E-state index in [-0.39, 0.29) is 11.3 Å². The highest BCUT2D eigenvalue weighted by Gasteiger charge is 2.14. The number of nitrogens with one attached hydrogen (secondary N) is 1. The lowest BCUT2D eigenvalue weighted by atomic mass is 10.2. The highest BCUT2D eigenvalue weighted by atomic mass is 16.6. The molecular formula is C7H7N3O4. The fourth-order valence-corrected chi connectivity index (χ4v) is 0.912. The largest absolute Gasteiger partial charge is 0.288 e. The van der Waals surface area contributed by atoms with Gasteiger partial charge in [0.05, 0.1) is 16.2 Å². The summed E-state index contributed by atoms with van der Waals surface area (Å²) in [4.78, 5) is 24.3. The second kappa shape index (κ2) is 3.79. The smallest absolute Gasteiger partial charge is 0.288 e. The molecule has 0 saturated heterocycles. The van der Waals surface area contributed by atoms with E-state index in [0.717, 1.165) is 12.3 Å². The van der Waals surface area contributed by atoms with Gasteiger partial charge in [-0.1, -0.05) is 0 Å². The van der Waals surface area contributed by atoms with Gasteiger partial charge in [0.2, 0.25) is 0 Å². The van der Waals surface area contributed by atoms with Crippen molar-refractivity contribution in [3.05, 3.63) is 33.6 Å². The van der Waals surface area contributed by atoms with Gasteiger partial charge < -0.3 is 0 Å². The lowest BCUT2D eigenvalue weighted by Gasteiger charge is -2.01. The van der Waals surface area contributed by atoms with Crippen molar-refractivity contribution in [3.63, 3.8) is 0 Å². The number of hydroxylamine groups is 1. The van der Waals surface area contributed by atoms with Gasteiger partial charge in [-0.05, 0) is 6.92 Å². The van der Waals surface area contributed by atoms with E-state index in [1.54, 1.807) is 0 Å². The van der Waals surface area contributed by atoms with Crippen LogP contribution in [-0.4, -0.2) is 21.0 Å². The molecule has 0 unspecified atom stereocenters. The first-order valence-electron chi connectivity index (χ1n) is 3.61.